The van der Waals surface area contributed by atoms with Crippen LogP contribution in [0.3, 0.4) is 0 Å². The lowest BCUT2D eigenvalue weighted by Crippen LogP contribution is -3.16. The van der Waals surface area contributed by atoms with Gasteiger partial charge in [0, 0.05) is 31.6 Å². The molecular weight excluding hydrogens is 380 g/mol. The molecule has 1 amide bonds. The first-order valence-electron chi connectivity index (χ1n) is 10.1. The Morgan fingerprint density at radius 3 is 2.68 bits per heavy atom. The summed E-state index contributed by atoms with van der Waals surface area (Å²) in [5.74, 6) is -0.0696. The fourth-order valence-corrected chi connectivity index (χ4v) is 5.42. The number of anilines is 1. The number of rotatable bonds is 8. The van der Waals surface area contributed by atoms with Gasteiger partial charge in [-0.25, -0.2) is 8.42 Å². The van der Waals surface area contributed by atoms with Crippen molar-refractivity contribution in [1.29, 1.82) is 0 Å². The Morgan fingerprint density at radius 1 is 1.29 bits per heavy atom. The van der Waals surface area contributed by atoms with E-state index in [1.807, 2.05) is 0 Å². The number of hydrogen-bond acceptors (Lipinski definition) is 4. The maximum Gasteiger partial charge on any atom is 0.279 e. The Bertz CT molecular complexity index is 748. The summed E-state index contributed by atoms with van der Waals surface area (Å²) >= 11 is 0. The zero-order chi connectivity index (χ0) is 20.0. The number of likely N-dealkylation sites (tertiary alicyclic amines) is 1. The second kappa shape index (κ2) is 9.80. The summed E-state index contributed by atoms with van der Waals surface area (Å²) in [6.45, 7) is 7.51. The molecule has 2 atom stereocenters. The molecule has 156 valence electrons. The van der Waals surface area contributed by atoms with Gasteiger partial charge in [-0.2, -0.15) is 4.31 Å². The van der Waals surface area contributed by atoms with E-state index < -0.39 is 10.0 Å². The van der Waals surface area contributed by atoms with Crippen LogP contribution in [-0.2, 0) is 19.6 Å². The van der Waals surface area contributed by atoms with Gasteiger partial charge in [-0.15, -0.1) is 0 Å². The van der Waals surface area contributed by atoms with Crippen LogP contribution in [0.25, 0.3) is 0 Å². The summed E-state index contributed by atoms with van der Waals surface area (Å²) in [5.41, 5.74) is 0.612. The van der Waals surface area contributed by atoms with Gasteiger partial charge in [-0.05, 0) is 31.2 Å². The van der Waals surface area contributed by atoms with Gasteiger partial charge >= 0.3 is 0 Å². The summed E-state index contributed by atoms with van der Waals surface area (Å²) in [7, 11) is -3.51. The minimum atomic E-state index is -3.51. The largest absolute Gasteiger partial charge is 0.379 e. The van der Waals surface area contributed by atoms with E-state index in [2.05, 4.69) is 17.6 Å². The second-order valence-electron chi connectivity index (χ2n) is 7.42. The number of likely N-dealkylation sites (N-methyl/N-ethyl adjacent to an activating group) is 1. The van der Waals surface area contributed by atoms with Gasteiger partial charge in [0.2, 0.25) is 10.0 Å². The molecule has 3 rings (SSSR count). The van der Waals surface area contributed by atoms with Crippen LogP contribution < -0.4 is 15.5 Å². The number of morpholine rings is 1. The highest BCUT2D eigenvalue weighted by Crippen LogP contribution is 2.19. The number of carbonyl (C=O) groups excluding carboxylic acids is 1. The molecule has 1 aromatic carbocycles. The molecule has 9 heteroatoms. The number of nitrogens with one attached hydrogen (secondary N) is 2. The Morgan fingerprint density at radius 2 is 2.00 bits per heavy atom. The molecule has 2 aliphatic rings. The van der Waals surface area contributed by atoms with E-state index in [1.54, 1.807) is 29.2 Å². The molecule has 1 unspecified atom stereocenters. The molecule has 8 nitrogen and oxygen atoms in total. The third kappa shape index (κ3) is 5.30. The standard InChI is InChI=1S/C19H30N4O4S/c1-2-22-9-3-4-17(22)14-20-15-19(24)21-16-5-7-18(8-6-16)28(25,26)23-10-12-27-13-11-23/h5-8,17,20H,2-4,9-15H2,1H3,(H,21,24)/p+2/t17-/m1/s1. The summed E-state index contributed by atoms with van der Waals surface area (Å²) < 4.78 is 31.9. The number of amides is 1. The maximum absolute atomic E-state index is 12.6. The molecule has 2 fully saturated rings. The number of nitrogens with zero attached hydrogens (tertiary/aromatic N) is 1. The molecular formula is C19H32N4O4S+2. The molecule has 0 spiro atoms. The lowest BCUT2D eigenvalue weighted by atomic mass is 10.2. The Kier molecular flexibility index (Phi) is 7.42. The first kappa shape index (κ1) is 21.2. The van der Waals surface area contributed by atoms with Crippen LogP contribution in [0.2, 0.25) is 0 Å². The minimum absolute atomic E-state index is 0.0696. The third-order valence-corrected chi connectivity index (χ3v) is 7.52. The van der Waals surface area contributed by atoms with Crippen LogP contribution in [0.15, 0.2) is 29.2 Å². The van der Waals surface area contributed by atoms with Gasteiger partial charge in [0.15, 0.2) is 6.54 Å². The molecule has 0 aromatic heterocycles. The molecule has 2 saturated heterocycles. The first-order chi connectivity index (χ1) is 13.5. The van der Waals surface area contributed by atoms with Gasteiger partial charge in [0.05, 0.1) is 31.2 Å². The number of sulfonamides is 1. The monoisotopic (exact) mass is 412 g/mol. The predicted molar refractivity (Wildman–Crippen MR) is 106 cm³/mol. The number of nitrogens with two attached hydrogens (primary N) is 1. The molecule has 2 heterocycles. The lowest BCUT2D eigenvalue weighted by Gasteiger charge is -2.26. The van der Waals surface area contributed by atoms with Gasteiger partial charge in [0.1, 0.15) is 12.6 Å². The number of hydrogen-bond donors (Lipinski definition) is 3. The van der Waals surface area contributed by atoms with Crippen molar-refractivity contribution in [2.45, 2.75) is 30.7 Å². The van der Waals surface area contributed by atoms with Crippen molar-refractivity contribution in [3.8, 4) is 0 Å². The highest BCUT2D eigenvalue weighted by atomic mass is 32.2. The normalized spacial score (nSPS) is 23.6. The molecule has 0 radical (unpaired) electrons. The van der Waals surface area contributed by atoms with Crippen molar-refractivity contribution in [3.05, 3.63) is 24.3 Å². The summed E-state index contributed by atoms with van der Waals surface area (Å²) in [5, 5.41) is 4.91. The average molecular weight is 413 g/mol. The zero-order valence-corrected chi connectivity index (χ0v) is 17.3. The van der Waals surface area contributed by atoms with Gasteiger partial charge in [-0.1, -0.05) is 0 Å². The molecule has 0 bridgehead atoms. The van der Waals surface area contributed by atoms with Crippen LogP contribution in [0.4, 0.5) is 5.69 Å². The van der Waals surface area contributed by atoms with Crippen LogP contribution in [0.1, 0.15) is 19.8 Å². The fourth-order valence-electron chi connectivity index (χ4n) is 4.01. The van der Waals surface area contributed by atoms with Crippen molar-refractivity contribution in [1.82, 2.24) is 4.31 Å². The van der Waals surface area contributed by atoms with E-state index in [4.69, 9.17) is 4.74 Å². The van der Waals surface area contributed by atoms with Crippen molar-refractivity contribution in [3.63, 3.8) is 0 Å². The summed E-state index contributed by atoms with van der Waals surface area (Å²) in [4.78, 5) is 14.0. The third-order valence-electron chi connectivity index (χ3n) is 5.61. The van der Waals surface area contributed by atoms with E-state index in [0.717, 1.165) is 13.1 Å². The van der Waals surface area contributed by atoms with Gasteiger partial charge in [0.25, 0.3) is 5.91 Å². The fraction of sp³-hybridized carbons (Fsp3) is 0.632. The van der Waals surface area contributed by atoms with Crippen LogP contribution in [0.5, 0.6) is 0 Å². The average Bonchev–Trinajstić information content (AvgIpc) is 3.16. The highest BCUT2D eigenvalue weighted by Gasteiger charge is 2.28. The number of carbonyl (C=O) groups is 1. The summed E-state index contributed by atoms with van der Waals surface area (Å²) in [6.07, 6.45) is 2.51. The SMILES string of the molecule is CC[NH+]1CCC[C@@H]1C[NH2+]CC(=O)Nc1ccc(S(=O)(=O)N2CCOCC2)cc1. The van der Waals surface area contributed by atoms with E-state index in [9.17, 15) is 13.2 Å². The molecule has 4 N–H and O–H groups in total. The van der Waals surface area contributed by atoms with Crippen molar-refractivity contribution in [2.24, 2.45) is 0 Å². The predicted octanol–water partition coefficient (Wildman–Crippen LogP) is -1.72. The number of benzene rings is 1. The van der Waals surface area contributed by atoms with E-state index in [-0.39, 0.29) is 10.8 Å². The van der Waals surface area contributed by atoms with E-state index >= 15 is 0 Å². The molecule has 0 saturated carbocycles. The van der Waals surface area contributed by atoms with E-state index in [0.29, 0.717) is 44.6 Å². The minimum Gasteiger partial charge on any atom is -0.379 e. The maximum atomic E-state index is 12.6. The quantitative estimate of drug-likeness (QED) is 0.473. The highest BCUT2D eigenvalue weighted by molar-refractivity contribution is 7.89. The second-order valence-corrected chi connectivity index (χ2v) is 9.36. The molecule has 0 aliphatic carbocycles. The van der Waals surface area contributed by atoms with Crippen LogP contribution >= 0.6 is 0 Å². The number of quaternary nitrogens is 2. The molecule has 1 aromatic rings. The van der Waals surface area contributed by atoms with Crippen LogP contribution in [0, 0.1) is 0 Å². The van der Waals surface area contributed by atoms with Crippen LogP contribution in [-0.4, -0.2) is 77.2 Å². The Labute approximate surface area is 167 Å². The van der Waals surface area contributed by atoms with Gasteiger partial charge in [-0.3, -0.25) is 4.79 Å². The molecule has 28 heavy (non-hydrogen) atoms. The first-order valence-corrected chi connectivity index (χ1v) is 11.6. The van der Waals surface area contributed by atoms with Crippen molar-refractivity contribution in [2.75, 3.05) is 57.8 Å². The summed E-state index contributed by atoms with van der Waals surface area (Å²) in [6, 6.07) is 7.02. The van der Waals surface area contributed by atoms with Crippen molar-refractivity contribution >= 4 is 21.6 Å². The number of ether oxygens (including phenoxy) is 1. The zero-order valence-electron chi connectivity index (χ0n) is 16.5. The lowest BCUT2D eigenvalue weighted by molar-refractivity contribution is -0.923. The van der Waals surface area contributed by atoms with Crippen molar-refractivity contribution < 1.29 is 28.2 Å². The Hall–Kier alpha value is -1.52. The smallest absolute Gasteiger partial charge is 0.279 e. The topological polar surface area (TPSA) is 96.8 Å². The Balaban J connectivity index is 1.47. The van der Waals surface area contributed by atoms with Gasteiger partial charge < -0.3 is 20.3 Å². The molecule has 2 aliphatic heterocycles. The van der Waals surface area contributed by atoms with E-state index in [1.165, 1.54) is 23.7 Å².